The molecule has 0 aliphatic carbocycles. The number of hydrogen-bond donors (Lipinski definition) is 1. The van der Waals surface area contributed by atoms with Gasteiger partial charge < -0.3 is 14.7 Å². The largest absolute Gasteiger partial charge is 0.480 e. The summed E-state index contributed by atoms with van der Waals surface area (Å²) in [7, 11) is 1.51. The van der Waals surface area contributed by atoms with Gasteiger partial charge in [-0.2, -0.15) is 0 Å². The van der Waals surface area contributed by atoms with E-state index in [2.05, 4.69) is 11.8 Å². The smallest absolute Gasteiger partial charge is 0.326 e. The van der Waals surface area contributed by atoms with Gasteiger partial charge in [0.25, 0.3) is 5.91 Å². The highest BCUT2D eigenvalue weighted by molar-refractivity contribution is 5.97. The fraction of sp³-hybridized carbons (Fsp3) is 0.333. The molecule has 5 heteroatoms. The van der Waals surface area contributed by atoms with Crippen molar-refractivity contribution in [3.63, 3.8) is 0 Å². The van der Waals surface area contributed by atoms with Crippen molar-refractivity contribution in [1.29, 1.82) is 0 Å². The number of carbonyl (C=O) groups excluding carboxylic acids is 1. The van der Waals surface area contributed by atoms with Crippen molar-refractivity contribution in [2.24, 2.45) is 0 Å². The van der Waals surface area contributed by atoms with Crippen molar-refractivity contribution in [3.05, 3.63) is 35.9 Å². The number of benzene rings is 1. The molecule has 0 bridgehead atoms. The van der Waals surface area contributed by atoms with Crippen LogP contribution in [0.2, 0.25) is 0 Å². The molecule has 1 N–H and O–H groups in total. The van der Waals surface area contributed by atoms with Gasteiger partial charge in [-0.05, 0) is 12.1 Å². The van der Waals surface area contributed by atoms with Gasteiger partial charge in [-0.1, -0.05) is 24.1 Å². The van der Waals surface area contributed by atoms with E-state index in [1.54, 1.807) is 12.1 Å². The predicted octanol–water partition coefficient (Wildman–Crippen LogP) is 0.739. The summed E-state index contributed by atoms with van der Waals surface area (Å²) in [4.78, 5) is 24.4. The lowest BCUT2D eigenvalue weighted by Crippen LogP contribution is -2.39. The van der Waals surface area contributed by atoms with Crippen LogP contribution in [0.5, 0.6) is 0 Å². The number of methoxy groups -OCH3 is 1. The molecule has 2 atom stereocenters. The normalized spacial score (nSPS) is 21.1. The van der Waals surface area contributed by atoms with Crippen LogP contribution >= 0.6 is 0 Å². The number of carboxylic acid groups (broad SMARTS) is 1. The van der Waals surface area contributed by atoms with E-state index in [1.165, 1.54) is 12.0 Å². The van der Waals surface area contributed by atoms with Gasteiger partial charge in [0.2, 0.25) is 0 Å². The molecule has 5 nitrogen and oxygen atoms in total. The van der Waals surface area contributed by atoms with Gasteiger partial charge in [0, 0.05) is 31.6 Å². The number of nitrogens with zero attached hydrogens (tertiary/aromatic N) is 1. The summed E-state index contributed by atoms with van der Waals surface area (Å²) in [5.74, 6) is 3.71. The van der Waals surface area contributed by atoms with Gasteiger partial charge in [-0.3, -0.25) is 4.79 Å². The predicted molar refractivity (Wildman–Crippen MR) is 71.9 cm³/mol. The highest BCUT2D eigenvalue weighted by Crippen LogP contribution is 2.20. The Morgan fingerprint density at radius 1 is 1.35 bits per heavy atom. The number of hydrogen-bond acceptors (Lipinski definition) is 3. The summed E-state index contributed by atoms with van der Waals surface area (Å²) in [5, 5.41) is 9.13. The van der Waals surface area contributed by atoms with Crippen molar-refractivity contribution in [1.82, 2.24) is 4.90 Å². The molecule has 20 heavy (non-hydrogen) atoms. The second kappa shape index (κ2) is 6.22. The molecule has 1 aromatic rings. The molecule has 1 heterocycles. The third-order valence-electron chi connectivity index (χ3n) is 3.23. The Morgan fingerprint density at radius 2 is 2.05 bits per heavy atom. The SMILES string of the molecule is COC1CC(C(=O)O)N(C(=O)C#Cc2ccccc2)C1. The highest BCUT2D eigenvalue weighted by Gasteiger charge is 2.39. The topological polar surface area (TPSA) is 66.8 Å². The van der Waals surface area contributed by atoms with E-state index in [9.17, 15) is 9.59 Å². The molecule has 2 unspecified atom stereocenters. The Bertz CT molecular complexity index is 558. The van der Waals surface area contributed by atoms with Crippen LogP contribution in [0.4, 0.5) is 0 Å². The molecule has 1 aliphatic rings. The van der Waals surface area contributed by atoms with Crippen molar-refractivity contribution < 1.29 is 19.4 Å². The average Bonchev–Trinajstić information content (AvgIpc) is 2.90. The number of likely N-dealkylation sites (tertiary alicyclic amines) is 1. The molecule has 0 aromatic heterocycles. The standard InChI is InChI=1S/C15H15NO4/c1-20-12-9-13(15(18)19)16(10-12)14(17)8-7-11-5-3-2-4-6-11/h2-6,12-13H,9-10H2,1H3,(H,18,19). The molecule has 1 aliphatic heterocycles. The minimum absolute atomic E-state index is 0.251. The zero-order valence-electron chi connectivity index (χ0n) is 11.1. The quantitative estimate of drug-likeness (QED) is 0.807. The summed E-state index contributed by atoms with van der Waals surface area (Å²) in [5.41, 5.74) is 0.718. The maximum Gasteiger partial charge on any atom is 0.326 e. The highest BCUT2D eigenvalue weighted by atomic mass is 16.5. The first-order valence-electron chi connectivity index (χ1n) is 6.25. The van der Waals surface area contributed by atoms with Crippen LogP contribution in [0.15, 0.2) is 30.3 Å². The number of rotatable bonds is 2. The first-order valence-corrected chi connectivity index (χ1v) is 6.25. The third-order valence-corrected chi connectivity index (χ3v) is 3.23. The molecular weight excluding hydrogens is 258 g/mol. The molecule has 1 amide bonds. The number of ether oxygens (including phenoxy) is 1. The van der Waals surface area contributed by atoms with Crippen LogP contribution in [0.25, 0.3) is 0 Å². The third kappa shape index (κ3) is 3.16. The molecular formula is C15H15NO4. The maximum atomic E-state index is 12.0. The number of amides is 1. The number of carbonyl (C=O) groups is 2. The van der Waals surface area contributed by atoms with E-state index < -0.39 is 17.9 Å². The molecule has 1 saturated heterocycles. The summed E-state index contributed by atoms with van der Waals surface area (Å²) >= 11 is 0. The molecule has 1 aromatic carbocycles. The maximum absolute atomic E-state index is 12.0. The van der Waals surface area contributed by atoms with Gasteiger partial charge in [-0.25, -0.2) is 4.79 Å². The van der Waals surface area contributed by atoms with Gasteiger partial charge in [0.1, 0.15) is 6.04 Å². The first-order chi connectivity index (χ1) is 9.61. The summed E-state index contributed by atoms with van der Waals surface area (Å²) < 4.78 is 5.13. The second-order valence-electron chi connectivity index (χ2n) is 4.52. The van der Waals surface area contributed by atoms with E-state index >= 15 is 0 Å². The molecule has 0 radical (unpaired) electrons. The first kappa shape index (κ1) is 14.1. The van der Waals surface area contributed by atoms with Crippen LogP contribution in [0, 0.1) is 11.8 Å². The Balaban J connectivity index is 2.12. The van der Waals surface area contributed by atoms with Gasteiger partial charge in [0.05, 0.1) is 6.10 Å². The van der Waals surface area contributed by atoms with Crippen molar-refractivity contribution >= 4 is 11.9 Å². The Morgan fingerprint density at radius 3 is 2.65 bits per heavy atom. The van der Waals surface area contributed by atoms with E-state index in [0.717, 1.165) is 5.56 Å². The fourth-order valence-corrected chi connectivity index (χ4v) is 2.15. The van der Waals surface area contributed by atoms with Crippen LogP contribution in [-0.4, -0.2) is 47.7 Å². The number of carboxylic acids is 1. The minimum atomic E-state index is -1.03. The second-order valence-corrected chi connectivity index (χ2v) is 4.52. The fourth-order valence-electron chi connectivity index (χ4n) is 2.15. The lowest BCUT2D eigenvalue weighted by molar-refractivity contribution is -0.146. The monoisotopic (exact) mass is 273 g/mol. The van der Waals surface area contributed by atoms with E-state index in [-0.39, 0.29) is 12.6 Å². The van der Waals surface area contributed by atoms with E-state index in [1.807, 2.05) is 18.2 Å². The van der Waals surface area contributed by atoms with E-state index in [4.69, 9.17) is 9.84 Å². The zero-order valence-corrected chi connectivity index (χ0v) is 11.1. The lowest BCUT2D eigenvalue weighted by atomic mass is 10.2. The summed E-state index contributed by atoms with van der Waals surface area (Å²) in [6.07, 6.45) is 0.0449. The average molecular weight is 273 g/mol. The summed E-state index contributed by atoms with van der Waals surface area (Å²) in [6.45, 7) is 0.260. The van der Waals surface area contributed by atoms with E-state index in [0.29, 0.717) is 6.42 Å². The molecule has 0 spiro atoms. The van der Waals surface area contributed by atoms with Crippen LogP contribution < -0.4 is 0 Å². The van der Waals surface area contributed by atoms with Gasteiger partial charge >= 0.3 is 5.97 Å². The van der Waals surface area contributed by atoms with Crippen LogP contribution in [0.3, 0.4) is 0 Å². The van der Waals surface area contributed by atoms with Gasteiger partial charge in [-0.15, -0.1) is 0 Å². The molecule has 1 fully saturated rings. The summed E-state index contributed by atoms with van der Waals surface area (Å²) in [6, 6.07) is 8.22. The Hall–Kier alpha value is -2.32. The zero-order chi connectivity index (χ0) is 14.5. The van der Waals surface area contributed by atoms with Crippen LogP contribution in [-0.2, 0) is 14.3 Å². The molecule has 104 valence electrons. The molecule has 2 rings (SSSR count). The number of aliphatic carboxylic acids is 1. The minimum Gasteiger partial charge on any atom is -0.480 e. The Labute approximate surface area is 117 Å². The van der Waals surface area contributed by atoms with Gasteiger partial charge in [0.15, 0.2) is 0 Å². The Kier molecular flexibility index (Phi) is 4.38. The lowest BCUT2D eigenvalue weighted by Gasteiger charge is -2.17. The van der Waals surface area contributed by atoms with Crippen LogP contribution in [0.1, 0.15) is 12.0 Å². The van der Waals surface area contributed by atoms with Crippen molar-refractivity contribution in [2.45, 2.75) is 18.6 Å². The van der Waals surface area contributed by atoms with Crippen molar-refractivity contribution in [2.75, 3.05) is 13.7 Å². The molecule has 0 saturated carbocycles. The van der Waals surface area contributed by atoms with Crippen molar-refractivity contribution in [3.8, 4) is 11.8 Å².